The molecule has 2 amide bonds. The number of hydrogen-bond donors (Lipinski definition) is 3. The maximum absolute atomic E-state index is 13.4. The molecule has 0 atom stereocenters. The van der Waals surface area contributed by atoms with Crippen LogP contribution in [0.25, 0.3) is 0 Å². The summed E-state index contributed by atoms with van der Waals surface area (Å²) < 4.78 is 31.0. The average molecular weight is 560 g/mol. The van der Waals surface area contributed by atoms with Crippen LogP contribution >= 0.6 is 11.6 Å². The molecule has 38 heavy (non-hydrogen) atoms. The number of carbonyl (C=O) groups excluding carboxylic acids is 2. The molecule has 2 aromatic heterocycles. The molecule has 0 radical (unpaired) electrons. The topological polar surface area (TPSA) is 152 Å². The molecule has 1 fully saturated rings. The number of nitrogens with one attached hydrogen (secondary N) is 2. The van der Waals surface area contributed by atoms with Gasteiger partial charge in [-0.05, 0) is 75.3 Å². The van der Waals surface area contributed by atoms with Crippen LogP contribution in [-0.2, 0) is 9.84 Å². The molecule has 11 nitrogen and oxygen atoms in total. The Balaban J connectivity index is 1.68. The fourth-order valence-electron chi connectivity index (χ4n) is 3.82. The van der Waals surface area contributed by atoms with E-state index in [1.54, 1.807) is 13.0 Å². The number of aromatic nitrogens is 2. The zero-order valence-corrected chi connectivity index (χ0v) is 22.2. The maximum atomic E-state index is 13.4. The van der Waals surface area contributed by atoms with E-state index >= 15 is 0 Å². The van der Waals surface area contributed by atoms with Crippen molar-refractivity contribution in [3.8, 4) is 5.75 Å². The predicted octanol–water partition coefficient (Wildman–Crippen LogP) is 2.61. The normalized spacial score (nSPS) is 14.8. The molecule has 3 heterocycles. The standard InChI is InChI=1S/C25H26ClN5O6S/c1-15-3-7-20(23(28-15)25(33)30-22-8-4-16(26)14-31(22)34)29-24(32)19-6-5-18(38(2,35)36)13-21(19)37-17-9-11-27-12-10-17/h3-8,13-14,17,27,34H,9-12H2,1-2H3,(H,29,32). The second-order valence-corrected chi connectivity index (χ2v) is 11.2. The summed E-state index contributed by atoms with van der Waals surface area (Å²) >= 11 is 5.83. The van der Waals surface area contributed by atoms with Crippen LogP contribution in [0.3, 0.4) is 0 Å². The van der Waals surface area contributed by atoms with Crippen molar-refractivity contribution >= 4 is 38.9 Å². The lowest BCUT2D eigenvalue weighted by Gasteiger charge is -2.25. The molecule has 3 aromatic rings. The van der Waals surface area contributed by atoms with Gasteiger partial charge in [-0.25, -0.2) is 13.4 Å². The lowest BCUT2D eigenvalue weighted by molar-refractivity contribution is 0.0984. The van der Waals surface area contributed by atoms with Gasteiger partial charge in [-0.3, -0.25) is 9.59 Å². The quantitative estimate of drug-likeness (QED) is 0.390. The number of ether oxygens (including phenoxy) is 1. The Bertz CT molecular complexity index is 1560. The van der Waals surface area contributed by atoms with Crippen molar-refractivity contribution in [2.75, 3.05) is 24.7 Å². The number of sulfone groups is 1. The summed E-state index contributed by atoms with van der Waals surface area (Å²) in [6, 6.07) is 9.96. The van der Waals surface area contributed by atoms with E-state index in [0.717, 1.165) is 19.3 Å². The molecule has 4 rings (SSSR count). The van der Waals surface area contributed by atoms with Gasteiger partial charge in [0.1, 0.15) is 11.9 Å². The minimum absolute atomic E-state index is 0.0185. The highest BCUT2D eigenvalue weighted by molar-refractivity contribution is 7.90. The van der Waals surface area contributed by atoms with Crippen molar-refractivity contribution < 1.29 is 28.0 Å². The minimum Gasteiger partial charge on any atom is -0.489 e. The fourth-order valence-corrected chi connectivity index (χ4v) is 4.62. The molecule has 0 unspecified atom stereocenters. The second kappa shape index (κ2) is 11.3. The van der Waals surface area contributed by atoms with Gasteiger partial charge in [0.2, 0.25) is 0 Å². The van der Waals surface area contributed by atoms with Crippen LogP contribution in [0.5, 0.6) is 5.75 Å². The number of halogens is 1. The largest absolute Gasteiger partial charge is 0.489 e. The summed E-state index contributed by atoms with van der Waals surface area (Å²) in [5, 5.41) is 16.1. The SMILES string of the molecule is Cc1ccc(NC(=O)c2ccc(S(C)(=O)=O)cc2OC2CCNCC2)c(C(=O)N=c2ccc(Cl)cn2O)n1. The molecule has 200 valence electrons. The second-order valence-electron chi connectivity index (χ2n) is 8.77. The number of nitrogens with zero attached hydrogens (tertiary/aromatic N) is 3. The maximum Gasteiger partial charge on any atom is 0.299 e. The molecule has 0 saturated carbocycles. The third-order valence-electron chi connectivity index (χ3n) is 5.78. The fraction of sp³-hybridized carbons (Fsp3) is 0.280. The van der Waals surface area contributed by atoms with Gasteiger partial charge in [0, 0.05) is 11.9 Å². The first kappa shape index (κ1) is 27.3. The summed E-state index contributed by atoms with van der Waals surface area (Å²) in [6.07, 6.45) is 3.44. The minimum atomic E-state index is -3.55. The summed E-state index contributed by atoms with van der Waals surface area (Å²) in [5.41, 5.74) is 0.434. The van der Waals surface area contributed by atoms with Crippen LogP contribution in [0, 0.1) is 6.92 Å². The van der Waals surface area contributed by atoms with Gasteiger partial charge >= 0.3 is 0 Å². The van der Waals surface area contributed by atoms with E-state index in [9.17, 15) is 23.2 Å². The van der Waals surface area contributed by atoms with E-state index in [-0.39, 0.29) is 44.2 Å². The zero-order chi connectivity index (χ0) is 27.4. The van der Waals surface area contributed by atoms with Crippen molar-refractivity contribution in [1.29, 1.82) is 0 Å². The number of aryl methyl sites for hydroxylation is 1. The van der Waals surface area contributed by atoms with Crippen molar-refractivity contribution in [2.24, 2.45) is 4.99 Å². The average Bonchev–Trinajstić information content (AvgIpc) is 2.86. The van der Waals surface area contributed by atoms with E-state index < -0.39 is 21.7 Å². The Kier molecular flexibility index (Phi) is 8.14. The Labute approximate surface area is 224 Å². The van der Waals surface area contributed by atoms with Crippen molar-refractivity contribution in [3.05, 3.63) is 76.1 Å². The molecule has 3 N–H and O–H groups in total. The molecule has 0 bridgehead atoms. The number of carbonyl (C=O) groups is 2. The highest BCUT2D eigenvalue weighted by Crippen LogP contribution is 2.27. The van der Waals surface area contributed by atoms with E-state index in [4.69, 9.17) is 16.3 Å². The van der Waals surface area contributed by atoms with Gasteiger partial charge < -0.3 is 20.6 Å². The van der Waals surface area contributed by atoms with Crippen LogP contribution in [0.4, 0.5) is 5.69 Å². The highest BCUT2D eigenvalue weighted by Gasteiger charge is 2.23. The highest BCUT2D eigenvalue weighted by atomic mass is 35.5. The molecule has 1 aliphatic rings. The van der Waals surface area contributed by atoms with Crippen molar-refractivity contribution in [1.82, 2.24) is 15.0 Å². The molecule has 0 spiro atoms. The number of amides is 2. The Morgan fingerprint density at radius 3 is 2.61 bits per heavy atom. The number of anilines is 1. The zero-order valence-electron chi connectivity index (χ0n) is 20.6. The van der Waals surface area contributed by atoms with Gasteiger partial charge in [0.15, 0.2) is 21.0 Å². The van der Waals surface area contributed by atoms with Gasteiger partial charge in [0.25, 0.3) is 11.8 Å². The first-order chi connectivity index (χ1) is 18.0. The summed E-state index contributed by atoms with van der Waals surface area (Å²) in [7, 11) is -3.55. The monoisotopic (exact) mass is 559 g/mol. The van der Waals surface area contributed by atoms with Crippen LogP contribution in [0.15, 0.2) is 58.5 Å². The van der Waals surface area contributed by atoms with Gasteiger partial charge in [-0.15, -0.1) is 0 Å². The van der Waals surface area contributed by atoms with Gasteiger partial charge in [-0.1, -0.05) is 11.6 Å². The summed E-state index contributed by atoms with van der Waals surface area (Å²) in [5.74, 6) is -1.32. The number of benzene rings is 1. The predicted molar refractivity (Wildman–Crippen MR) is 140 cm³/mol. The van der Waals surface area contributed by atoms with Crippen molar-refractivity contribution in [2.45, 2.75) is 30.8 Å². The van der Waals surface area contributed by atoms with E-state index in [2.05, 4.69) is 20.6 Å². The summed E-state index contributed by atoms with van der Waals surface area (Å²) in [6.45, 7) is 3.15. The van der Waals surface area contributed by atoms with Crippen molar-refractivity contribution in [3.63, 3.8) is 0 Å². The molecule has 13 heteroatoms. The van der Waals surface area contributed by atoms with Crippen LogP contribution < -0.4 is 20.9 Å². The number of hydrogen-bond acceptors (Lipinski definition) is 8. The van der Waals surface area contributed by atoms with E-state index in [0.29, 0.717) is 23.3 Å². The molecular formula is C25H26ClN5O6S. The third kappa shape index (κ3) is 6.57. The first-order valence-electron chi connectivity index (χ1n) is 11.7. The van der Waals surface area contributed by atoms with E-state index in [1.807, 2.05) is 0 Å². The lowest BCUT2D eigenvalue weighted by Crippen LogP contribution is -2.34. The molecule has 1 saturated heterocycles. The van der Waals surface area contributed by atoms with Gasteiger partial charge in [-0.2, -0.15) is 9.72 Å². The molecule has 0 aliphatic carbocycles. The Morgan fingerprint density at radius 1 is 1.18 bits per heavy atom. The van der Waals surface area contributed by atoms with Crippen LogP contribution in [0.1, 0.15) is 39.4 Å². The smallest absolute Gasteiger partial charge is 0.299 e. The third-order valence-corrected chi connectivity index (χ3v) is 7.11. The number of piperidine rings is 1. The molecule has 1 aromatic carbocycles. The molecular weight excluding hydrogens is 534 g/mol. The van der Waals surface area contributed by atoms with Crippen LogP contribution in [0.2, 0.25) is 5.02 Å². The van der Waals surface area contributed by atoms with Gasteiger partial charge in [0.05, 0.1) is 27.4 Å². The Morgan fingerprint density at radius 2 is 1.92 bits per heavy atom. The van der Waals surface area contributed by atoms with E-state index in [1.165, 1.54) is 42.6 Å². The number of rotatable bonds is 6. The molecule has 1 aliphatic heterocycles. The lowest BCUT2D eigenvalue weighted by atomic mass is 10.1. The van der Waals surface area contributed by atoms with Crippen LogP contribution in [-0.4, -0.2) is 60.6 Å². The summed E-state index contributed by atoms with van der Waals surface area (Å²) in [4.78, 5) is 34.5. The Hall–Kier alpha value is -3.74. The first-order valence-corrected chi connectivity index (χ1v) is 14.0. The number of pyridine rings is 2.